The summed E-state index contributed by atoms with van der Waals surface area (Å²) in [6, 6.07) is 10.8. The van der Waals surface area contributed by atoms with Crippen molar-refractivity contribution in [1.29, 1.82) is 0 Å². The van der Waals surface area contributed by atoms with Crippen molar-refractivity contribution in [2.75, 3.05) is 13.1 Å². The van der Waals surface area contributed by atoms with Gasteiger partial charge < -0.3 is 5.32 Å². The Labute approximate surface area is 171 Å². The number of fused-ring (bicyclic) bond motifs is 1. The molecule has 2 aromatic carbocycles. The molecule has 152 valence electrons. The Balaban J connectivity index is 1.46. The predicted octanol–water partition coefficient (Wildman–Crippen LogP) is 2.55. The van der Waals surface area contributed by atoms with Gasteiger partial charge in [0.1, 0.15) is 21.7 Å². The predicted molar refractivity (Wildman–Crippen MR) is 107 cm³/mol. The van der Waals surface area contributed by atoms with Crippen molar-refractivity contribution < 1.29 is 17.6 Å². The van der Waals surface area contributed by atoms with Crippen molar-refractivity contribution in [3.05, 3.63) is 53.8 Å². The first-order valence-corrected chi connectivity index (χ1v) is 11.4. The summed E-state index contributed by atoms with van der Waals surface area (Å²) >= 11 is 0.970. The first kappa shape index (κ1) is 19.9. The van der Waals surface area contributed by atoms with Gasteiger partial charge >= 0.3 is 0 Å². The average molecular weight is 435 g/mol. The summed E-state index contributed by atoms with van der Waals surface area (Å²) in [5, 5.41) is 2.82. The second-order valence-corrected chi connectivity index (χ2v) is 9.37. The summed E-state index contributed by atoms with van der Waals surface area (Å²) in [6.07, 6.45) is 1.21. The van der Waals surface area contributed by atoms with Gasteiger partial charge in [0.25, 0.3) is 0 Å². The quantitative estimate of drug-likeness (QED) is 0.666. The molecule has 1 aliphatic rings. The lowest BCUT2D eigenvalue weighted by molar-refractivity contribution is -0.126. The lowest BCUT2D eigenvalue weighted by Crippen LogP contribution is -2.45. The number of benzene rings is 2. The zero-order valence-electron chi connectivity index (χ0n) is 15.4. The van der Waals surface area contributed by atoms with E-state index in [9.17, 15) is 17.6 Å². The highest BCUT2D eigenvalue weighted by Crippen LogP contribution is 2.28. The van der Waals surface area contributed by atoms with Crippen molar-refractivity contribution in [3.63, 3.8) is 0 Å². The van der Waals surface area contributed by atoms with Gasteiger partial charge in [0.15, 0.2) is 0 Å². The van der Waals surface area contributed by atoms with E-state index >= 15 is 0 Å². The minimum atomic E-state index is -3.78. The topological polar surface area (TPSA) is 92.3 Å². The molecule has 1 fully saturated rings. The van der Waals surface area contributed by atoms with Crippen LogP contribution in [0, 0.1) is 11.7 Å². The van der Waals surface area contributed by atoms with Gasteiger partial charge in [-0.3, -0.25) is 4.79 Å². The van der Waals surface area contributed by atoms with Crippen LogP contribution < -0.4 is 5.32 Å². The summed E-state index contributed by atoms with van der Waals surface area (Å²) < 4.78 is 48.9. The number of amides is 1. The zero-order valence-corrected chi connectivity index (χ0v) is 17.0. The first-order chi connectivity index (χ1) is 13.9. The molecule has 0 aliphatic carbocycles. The third kappa shape index (κ3) is 4.14. The molecule has 0 radical (unpaired) electrons. The van der Waals surface area contributed by atoms with E-state index < -0.39 is 15.9 Å². The maximum atomic E-state index is 13.2. The van der Waals surface area contributed by atoms with E-state index in [-0.39, 0.29) is 29.7 Å². The third-order valence-corrected chi connectivity index (χ3v) is 7.44. The second-order valence-electron chi connectivity index (χ2n) is 6.93. The number of hydrogen-bond donors (Lipinski definition) is 1. The molecule has 1 amide bonds. The van der Waals surface area contributed by atoms with E-state index in [1.54, 1.807) is 24.3 Å². The number of carbonyl (C=O) groups excluding carboxylic acids is 1. The SMILES string of the molecule is O=C(NCc1ccc(F)cc1)[C@@H]1CCCN(S(=O)(=O)c2cccc3nsnc23)C1. The first-order valence-electron chi connectivity index (χ1n) is 9.19. The molecule has 10 heteroatoms. The summed E-state index contributed by atoms with van der Waals surface area (Å²) in [5.41, 5.74) is 1.69. The molecule has 0 bridgehead atoms. The normalized spacial score (nSPS) is 18.0. The number of piperidine rings is 1. The minimum Gasteiger partial charge on any atom is -0.352 e. The number of hydrogen-bond acceptors (Lipinski definition) is 6. The summed E-state index contributed by atoms with van der Waals surface area (Å²) in [7, 11) is -3.78. The van der Waals surface area contributed by atoms with Gasteiger partial charge in [-0.05, 0) is 42.7 Å². The molecule has 0 saturated carbocycles. The highest BCUT2D eigenvalue weighted by atomic mass is 32.2. The van der Waals surface area contributed by atoms with Gasteiger partial charge in [0.05, 0.1) is 17.6 Å². The van der Waals surface area contributed by atoms with E-state index in [1.807, 2.05) is 0 Å². The van der Waals surface area contributed by atoms with Crippen LogP contribution in [-0.4, -0.2) is 40.5 Å². The van der Waals surface area contributed by atoms with Crippen molar-refractivity contribution in [2.45, 2.75) is 24.3 Å². The van der Waals surface area contributed by atoms with Gasteiger partial charge in [-0.1, -0.05) is 18.2 Å². The molecule has 1 saturated heterocycles. The number of nitrogens with one attached hydrogen (secondary N) is 1. The molecule has 2 heterocycles. The van der Waals surface area contributed by atoms with Crippen molar-refractivity contribution in [1.82, 2.24) is 18.4 Å². The van der Waals surface area contributed by atoms with Gasteiger partial charge in [-0.2, -0.15) is 13.1 Å². The fourth-order valence-corrected chi connectivity index (χ4v) is 5.72. The monoisotopic (exact) mass is 434 g/mol. The van der Waals surface area contributed by atoms with Gasteiger partial charge in [-0.25, -0.2) is 12.8 Å². The zero-order chi connectivity index (χ0) is 20.4. The lowest BCUT2D eigenvalue weighted by atomic mass is 9.99. The molecule has 0 spiro atoms. The van der Waals surface area contributed by atoms with E-state index in [2.05, 4.69) is 14.1 Å². The Hall–Kier alpha value is -2.43. The lowest BCUT2D eigenvalue weighted by Gasteiger charge is -2.31. The maximum Gasteiger partial charge on any atom is 0.245 e. The Morgan fingerprint density at radius 2 is 2.00 bits per heavy atom. The van der Waals surface area contributed by atoms with Crippen LogP contribution in [0.3, 0.4) is 0 Å². The largest absolute Gasteiger partial charge is 0.352 e. The Kier molecular flexibility index (Phi) is 5.57. The van der Waals surface area contributed by atoms with Crippen molar-refractivity contribution in [3.8, 4) is 0 Å². The van der Waals surface area contributed by atoms with Gasteiger partial charge in [0.2, 0.25) is 15.9 Å². The molecule has 29 heavy (non-hydrogen) atoms. The van der Waals surface area contributed by atoms with Crippen molar-refractivity contribution in [2.24, 2.45) is 5.92 Å². The van der Waals surface area contributed by atoms with Gasteiger partial charge in [0, 0.05) is 19.6 Å². The van der Waals surface area contributed by atoms with Gasteiger partial charge in [-0.15, -0.1) is 0 Å². The number of carbonyl (C=O) groups is 1. The van der Waals surface area contributed by atoms with Crippen molar-refractivity contribution >= 4 is 38.7 Å². The number of nitrogens with zero attached hydrogens (tertiary/aromatic N) is 3. The van der Waals surface area contributed by atoms with E-state index in [0.29, 0.717) is 30.4 Å². The molecular formula is C19H19FN4O3S2. The van der Waals surface area contributed by atoms with Crippen LogP contribution in [0.4, 0.5) is 4.39 Å². The number of halogens is 1. The molecular weight excluding hydrogens is 415 g/mol. The minimum absolute atomic E-state index is 0.117. The Morgan fingerprint density at radius 3 is 2.79 bits per heavy atom. The highest BCUT2D eigenvalue weighted by Gasteiger charge is 2.34. The van der Waals surface area contributed by atoms with E-state index in [4.69, 9.17) is 0 Å². The number of sulfonamides is 1. The molecule has 7 nitrogen and oxygen atoms in total. The molecule has 1 N–H and O–H groups in total. The van der Waals surface area contributed by atoms with Crippen LogP contribution in [0.15, 0.2) is 47.4 Å². The summed E-state index contributed by atoms with van der Waals surface area (Å²) in [5.74, 6) is -0.979. The number of aromatic nitrogens is 2. The van der Waals surface area contributed by atoms with E-state index in [0.717, 1.165) is 17.3 Å². The summed E-state index contributed by atoms with van der Waals surface area (Å²) in [4.78, 5) is 12.7. The second kappa shape index (κ2) is 8.13. The van der Waals surface area contributed by atoms with E-state index in [1.165, 1.54) is 22.5 Å². The summed E-state index contributed by atoms with van der Waals surface area (Å²) in [6.45, 7) is 0.746. The van der Waals surface area contributed by atoms with Crippen LogP contribution in [0.2, 0.25) is 0 Å². The maximum absolute atomic E-state index is 13.2. The fraction of sp³-hybridized carbons (Fsp3) is 0.316. The number of rotatable bonds is 5. The molecule has 3 aromatic rings. The van der Waals surface area contributed by atoms with Crippen LogP contribution in [0.5, 0.6) is 0 Å². The molecule has 4 rings (SSSR count). The molecule has 0 unspecified atom stereocenters. The van der Waals surface area contributed by atoms with Crippen LogP contribution in [0.25, 0.3) is 11.0 Å². The standard InChI is InChI=1S/C19H19FN4O3S2/c20-15-8-6-13(7-9-15)11-21-19(25)14-3-2-10-24(12-14)29(26,27)17-5-1-4-16-18(17)23-28-22-16/h1,4-9,14H,2-3,10-12H2,(H,21,25)/t14-/m1/s1. The highest BCUT2D eigenvalue weighted by molar-refractivity contribution is 7.89. The average Bonchev–Trinajstić information content (AvgIpc) is 3.22. The molecule has 1 aliphatic heterocycles. The fourth-order valence-electron chi connectivity index (χ4n) is 3.44. The smallest absolute Gasteiger partial charge is 0.245 e. The Morgan fingerprint density at radius 1 is 1.21 bits per heavy atom. The Bertz CT molecular complexity index is 1130. The van der Waals surface area contributed by atoms with Crippen LogP contribution >= 0.6 is 11.7 Å². The molecule has 1 atom stereocenters. The van der Waals surface area contributed by atoms with Crippen LogP contribution in [0.1, 0.15) is 18.4 Å². The third-order valence-electron chi connectivity index (χ3n) is 5.00. The molecule has 1 aromatic heterocycles. The van der Waals surface area contributed by atoms with Crippen LogP contribution in [-0.2, 0) is 21.4 Å².